The van der Waals surface area contributed by atoms with Gasteiger partial charge in [-0.3, -0.25) is 23.5 Å². The third-order valence-electron chi connectivity index (χ3n) is 4.50. The first-order valence-corrected chi connectivity index (χ1v) is 11.7. The minimum Gasteiger partial charge on any atom is -0.487 e. The Balaban J connectivity index is 1.51. The van der Waals surface area contributed by atoms with Gasteiger partial charge in [-0.1, -0.05) is 17.7 Å². The summed E-state index contributed by atoms with van der Waals surface area (Å²) in [6, 6.07) is 15.4. The fraction of sp³-hybridized carbons (Fsp3) is 0.136. The summed E-state index contributed by atoms with van der Waals surface area (Å²) in [6.07, 6.45) is 4.16. The van der Waals surface area contributed by atoms with Gasteiger partial charge in [0.05, 0.1) is 28.2 Å². The van der Waals surface area contributed by atoms with Gasteiger partial charge in [0.15, 0.2) is 0 Å². The summed E-state index contributed by atoms with van der Waals surface area (Å²) in [7, 11) is -3.55. The van der Waals surface area contributed by atoms with Crippen LogP contribution in [0.2, 0.25) is 5.02 Å². The Morgan fingerprint density at radius 2 is 1.81 bits per heavy atom. The molecule has 0 aliphatic heterocycles. The van der Waals surface area contributed by atoms with Crippen molar-refractivity contribution < 1.29 is 17.3 Å². The first kappa shape index (κ1) is 21.9. The second-order valence-electron chi connectivity index (χ2n) is 6.97. The number of benzene rings is 1. The Hall–Kier alpha value is -3.27. The molecule has 0 unspecified atom stereocenters. The van der Waals surface area contributed by atoms with Crippen molar-refractivity contribution in [3.05, 3.63) is 93.8 Å². The van der Waals surface area contributed by atoms with Crippen molar-refractivity contribution in [1.29, 1.82) is 0 Å². The summed E-state index contributed by atoms with van der Waals surface area (Å²) in [5.74, 6) is 0.431. The fourth-order valence-corrected chi connectivity index (χ4v) is 3.41. The predicted molar refractivity (Wildman–Crippen MR) is 121 cm³/mol. The van der Waals surface area contributed by atoms with E-state index in [1.54, 1.807) is 48.7 Å². The minimum absolute atomic E-state index is 0.136. The third-order valence-corrected chi connectivity index (χ3v) is 5.27. The van der Waals surface area contributed by atoms with Gasteiger partial charge in [-0.2, -0.15) is 8.42 Å². The third kappa shape index (κ3) is 5.50. The Kier molecular flexibility index (Phi) is 6.22. The van der Waals surface area contributed by atoms with Crippen LogP contribution in [0, 0.1) is 0 Å². The van der Waals surface area contributed by atoms with Crippen LogP contribution in [0.3, 0.4) is 0 Å². The van der Waals surface area contributed by atoms with Crippen molar-refractivity contribution in [2.75, 3.05) is 6.26 Å². The lowest BCUT2D eigenvalue weighted by Crippen LogP contribution is -2.16. The fourth-order valence-electron chi connectivity index (χ4n) is 2.97. The maximum Gasteiger partial charge on any atom is 0.264 e. The van der Waals surface area contributed by atoms with E-state index in [1.807, 2.05) is 6.07 Å². The maximum absolute atomic E-state index is 12.6. The molecule has 1 aromatic carbocycles. The molecule has 3 aromatic heterocycles. The number of aromatic nitrogens is 3. The van der Waals surface area contributed by atoms with Gasteiger partial charge in [-0.25, -0.2) is 0 Å². The van der Waals surface area contributed by atoms with E-state index in [0.29, 0.717) is 33.4 Å². The standard InChI is InChI=1S/C22H18ClN3O5S/c1-32(28,29)31-14-18-4-2-15-10-19(6-7-21(15)25-18)26-9-8-20(11-22(26)27)30-13-17-5-3-16(23)12-24-17/h2-12H,13-14H2,1H3. The molecule has 4 rings (SSSR count). The van der Waals surface area contributed by atoms with Gasteiger partial charge in [0.1, 0.15) is 19.0 Å². The van der Waals surface area contributed by atoms with E-state index < -0.39 is 10.1 Å². The van der Waals surface area contributed by atoms with Crippen molar-refractivity contribution in [3.63, 3.8) is 0 Å². The summed E-state index contributed by atoms with van der Waals surface area (Å²) >= 11 is 5.82. The van der Waals surface area contributed by atoms with Crippen molar-refractivity contribution in [3.8, 4) is 11.4 Å². The summed E-state index contributed by atoms with van der Waals surface area (Å²) in [5, 5.41) is 1.34. The summed E-state index contributed by atoms with van der Waals surface area (Å²) in [6.45, 7) is 0.0800. The molecular formula is C22H18ClN3O5S. The summed E-state index contributed by atoms with van der Waals surface area (Å²) < 4.78 is 34.2. The Morgan fingerprint density at radius 1 is 1.00 bits per heavy atom. The SMILES string of the molecule is CS(=O)(=O)OCc1ccc2cc(-n3ccc(OCc4ccc(Cl)cn4)cc3=O)ccc2n1. The normalized spacial score (nSPS) is 11.6. The van der Waals surface area contributed by atoms with Crippen molar-refractivity contribution >= 4 is 32.6 Å². The van der Waals surface area contributed by atoms with E-state index in [0.717, 1.165) is 11.6 Å². The molecule has 0 fully saturated rings. The number of ether oxygens (including phenoxy) is 1. The molecule has 0 bridgehead atoms. The molecule has 0 saturated heterocycles. The lowest BCUT2D eigenvalue weighted by Gasteiger charge is -2.10. The van der Waals surface area contributed by atoms with E-state index in [1.165, 1.54) is 16.8 Å². The minimum atomic E-state index is -3.55. The molecule has 164 valence electrons. The van der Waals surface area contributed by atoms with Gasteiger partial charge in [0.2, 0.25) is 0 Å². The van der Waals surface area contributed by atoms with Crippen LogP contribution < -0.4 is 10.3 Å². The highest BCUT2D eigenvalue weighted by Gasteiger charge is 2.07. The number of pyridine rings is 3. The van der Waals surface area contributed by atoms with Crippen LogP contribution in [0.5, 0.6) is 5.75 Å². The number of rotatable bonds is 7. The number of hydrogen-bond donors (Lipinski definition) is 0. The number of fused-ring (bicyclic) bond motifs is 1. The van der Waals surface area contributed by atoms with E-state index in [9.17, 15) is 13.2 Å². The second-order valence-corrected chi connectivity index (χ2v) is 9.05. The summed E-state index contributed by atoms with van der Waals surface area (Å²) in [4.78, 5) is 21.2. The average molecular weight is 472 g/mol. The molecule has 0 radical (unpaired) electrons. The zero-order chi connectivity index (χ0) is 22.7. The van der Waals surface area contributed by atoms with Crippen LogP contribution in [0.25, 0.3) is 16.6 Å². The quantitative estimate of drug-likeness (QED) is 0.380. The lowest BCUT2D eigenvalue weighted by atomic mass is 10.2. The van der Waals surface area contributed by atoms with E-state index in [2.05, 4.69) is 9.97 Å². The van der Waals surface area contributed by atoms with Crippen molar-refractivity contribution in [2.24, 2.45) is 0 Å². The molecule has 0 spiro atoms. The largest absolute Gasteiger partial charge is 0.487 e. The Labute approximate surface area is 189 Å². The first-order valence-electron chi connectivity index (χ1n) is 9.47. The van der Waals surface area contributed by atoms with Crippen LogP contribution in [-0.4, -0.2) is 29.2 Å². The molecule has 0 amide bonds. The molecular weight excluding hydrogens is 454 g/mol. The van der Waals surface area contributed by atoms with Gasteiger partial charge in [0.25, 0.3) is 15.7 Å². The Morgan fingerprint density at radius 3 is 2.53 bits per heavy atom. The van der Waals surface area contributed by atoms with Crippen LogP contribution in [0.1, 0.15) is 11.4 Å². The average Bonchev–Trinajstić information content (AvgIpc) is 2.76. The zero-order valence-corrected chi connectivity index (χ0v) is 18.5. The summed E-state index contributed by atoms with van der Waals surface area (Å²) in [5.41, 5.74) is 2.26. The lowest BCUT2D eigenvalue weighted by molar-refractivity contribution is 0.300. The van der Waals surface area contributed by atoms with Gasteiger partial charge >= 0.3 is 0 Å². The van der Waals surface area contributed by atoms with Gasteiger partial charge in [0, 0.05) is 29.5 Å². The molecule has 0 N–H and O–H groups in total. The van der Waals surface area contributed by atoms with Crippen molar-refractivity contribution in [2.45, 2.75) is 13.2 Å². The molecule has 0 atom stereocenters. The highest BCUT2D eigenvalue weighted by Crippen LogP contribution is 2.19. The molecule has 8 nitrogen and oxygen atoms in total. The number of halogens is 1. The zero-order valence-electron chi connectivity index (χ0n) is 16.9. The van der Waals surface area contributed by atoms with E-state index in [4.69, 9.17) is 20.5 Å². The van der Waals surface area contributed by atoms with Gasteiger partial charge < -0.3 is 4.74 Å². The topological polar surface area (TPSA) is 100 Å². The number of nitrogens with zero attached hydrogens (tertiary/aromatic N) is 3. The van der Waals surface area contributed by atoms with Crippen LogP contribution in [0.15, 0.2) is 71.8 Å². The molecule has 0 aliphatic rings. The van der Waals surface area contributed by atoms with E-state index in [-0.39, 0.29) is 18.8 Å². The molecule has 0 saturated carbocycles. The molecule has 0 aliphatic carbocycles. The monoisotopic (exact) mass is 471 g/mol. The molecule has 3 heterocycles. The smallest absolute Gasteiger partial charge is 0.264 e. The number of hydrogen-bond acceptors (Lipinski definition) is 7. The van der Waals surface area contributed by atoms with Crippen LogP contribution in [-0.2, 0) is 27.5 Å². The van der Waals surface area contributed by atoms with Gasteiger partial charge in [-0.15, -0.1) is 0 Å². The Bertz CT molecular complexity index is 1440. The van der Waals surface area contributed by atoms with Gasteiger partial charge in [-0.05, 0) is 42.5 Å². The second kappa shape index (κ2) is 9.07. The highest BCUT2D eigenvalue weighted by atomic mass is 35.5. The van der Waals surface area contributed by atoms with Crippen LogP contribution >= 0.6 is 11.6 Å². The van der Waals surface area contributed by atoms with Crippen LogP contribution in [0.4, 0.5) is 0 Å². The van der Waals surface area contributed by atoms with E-state index >= 15 is 0 Å². The van der Waals surface area contributed by atoms with Crippen molar-refractivity contribution in [1.82, 2.24) is 14.5 Å². The molecule has 10 heteroatoms. The molecule has 4 aromatic rings. The highest BCUT2D eigenvalue weighted by molar-refractivity contribution is 7.85. The maximum atomic E-state index is 12.6. The predicted octanol–water partition coefficient (Wildman–Crippen LogP) is 3.49. The first-order chi connectivity index (χ1) is 15.3. The molecule has 32 heavy (non-hydrogen) atoms.